The van der Waals surface area contributed by atoms with Crippen molar-refractivity contribution in [2.75, 3.05) is 6.61 Å². The summed E-state index contributed by atoms with van der Waals surface area (Å²) >= 11 is 0. The number of hydrogen-bond acceptors (Lipinski definition) is 4. The van der Waals surface area contributed by atoms with Crippen molar-refractivity contribution in [1.82, 2.24) is 5.32 Å². The zero-order valence-electron chi connectivity index (χ0n) is 39.0. The summed E-state index contributed by atoms with van der Waals surface area (Å²) in [6.07, 6.45) is 56.7. The van der Waals surface area contributed by atoms with Gasteiger partial charge >= 0.3 is 0 Å². The van der Waals surface area contributed by atoms with Gasteiger partial charge in [-0.3, -0.25) is 4.79 Å². The Morgan fingerprint density at radius 1 is 0.368 bits per heavy atom. The van der Waals surface area contributed by atoms with Crippen LogP contribution in [0.25, 0.3) is 0 Å². The number of unbranched alkanes of at least 4 members (excludes halogenated alkanes) is 41. The van der Waals surface area contributed by atoms with Gasteiger partial charge in [0.05, 0.1) is 18.8 Å². The van der Waals surface area contributed by atoms with Crippen LogP contribution in [0.1, 0.15) is 303 Å². The molecule has 0 spiro atoms. The molecule has 0 aliphatic carbocycles. The molecule has 0 fully saturated rings. The fourth-order valence-corrected chi connectivity index (χ4v) is 8.64. The molecule has 0 aromatic rings. The third kappa shape index (κ3) is 43.3. The lowest BCUT2D eigenvalue weighted by Crippen LogP contribution is -2.50. The lowest BCUT2D eigenvalue weighted by atomic mass is 9.99. The van der Waals surface area contributed by atoms with Crippen molar-refractivity contribution in [3.8, 4) is 0 Å². The molecule has 0 radical (unpaired) electrons. The van der Waals surface area contributed by atoms with Crippen LogP contribution in [-0.2, 0) is 4.79 Å². The minimum absolute atomic E-state index is 0.137. The van der Waals surface area contributed by atoms with E-state index in [1.807, 2.05) is 0 Å². The molecule has 57 heavy (non-hydrogen) atoms. The highest BCUT2D eigenvalue weighted by Crippen LogP contribution is 2.18. The molecule has 0 saturated carbocycles. The molecule has 0 bridgehead atoms. The summed E-state index contributed by atoms with van der Waals surface area (Å²) in [4.78, 5) is 12.5. The molecule has 3 atom stereocenters. The van der Waals surface area contributed by atoms with Gasteiger partial charge in [0.15, 0.2) is 0 Å². The highest BCUT2D eigenvalue weighted by molar-refractivity contribution is 5.76. The third-order valence-electron chi connectivity index (χ3n) is 12.7. The lowest BCUT2D eigenvalue weighted by molar-refractivity contribution is -0.124. The van der Waals surface area contributed by atoms with Gasteiger partial charge in [0.2, 0.25) is 5.91 Å². The molecular formula is C52H105NO4. The van der Waals surface area contributed by atoms with Gasteiger partial charge in [0.25, 0.3) is 0 Å². The summed E-state index contributed by atoms with van der Waals surface area (Å²) in [6, 6.07) is -0.804. The molecule has 5 heteroatoms. The standard InChI is InChI=1S/C52H105NO4/c1-3-5-7-9-11-13-15-17-19-21-23-25-27-29-31-33-35-37-39-41-43-45-47-51(56)53-49(48-54)52(57)50(55)46-44-42-40-38-36-34-32-30-28-26-24-22-20-18-16-14-12-10-8-6-4-2/h49-50,52,54-55,57H,3-48H2,1-2H3,(H,53,56). The first-order valence-corrected chi connectivity index (χ1v) is 26.3. The van der Waals surface area contributed by atoms with E-state index >= 15 is 0 Å². The van der Waals surface area contributed by atoms with Gasteiger partial charge < -0.3 is 20.6 Å². The number of hydrogen-bond donors (Lipinski definition) is 4. The van der Waals surface area contributed by atoms with Crippen LogP contribution in [0, 0.1) is 0 Å². The topological polar surface area (TPSA) is 89.8 Å². The monoisotopic (exact) mass is 808 g/mol. The predicted octanol–water partition coefficient (Wildman–Crippen LogP) is 15.8. The van der Waals surface area contributed by atoms with E-state index in [2.05, 4.69) is 19.2 Å². The summed E-state index contributed by atoms with van der Waals surface area (Å²) in [5, 5.41) is 33.7. The Labute approximate surface area is 357 Å². The van der Waals surface area contributed by atoms with Crippen molar-refractivity contribution in [2.45, 2.75) is 321 Å². The average Bonchev–Trinajstić information content (AvgIpc) is 3.22. The predicted molar refractivity (Wildman–Crippen MR) is 250 cm³/mol. The van der Waals surface area contributed by atoms with Crippen LogP contribution in [0.5, 0.6) is 0 Å². The van der Waals surface area contributed by atoms with Crippen molar-refractivity contribution >= 4 is 5.91 Å². The van der Waals surface area contributed by atoms with E-state index in [-0.39, 0.29) is 12.5 Å². The van der Waals surface area contributed by atoms with Crippen molar-refractivity contribution in [1.29, 1.82) is 0 Å². The van der Waals surface area contributed by atoms with E-state index in [0.29, 0.717) is 12.8 Å². The first-order valence-electron chi connectivity index (χ1n) is 26.3. The van der Waals surface area contributed by atoms with Gasteiger partial charge in [-0.25, -0.2) is 0 Å². The van der Waals surface area contributed by atoms with E-state index in [9.17, 15) is 20.1 Å². The molecule has 1 amide bonds. The van der Waals surface area contributed by atoms with Crippen molar-refractivity contribution in [3.05, 3.63) is 0 Å². The van der Waals surface area contributed by atoms with E-state index in [4.69, 9.17) is 0 Å². The van der Waals surface area contributed by atoms with E-state index in [1.54, 1.807) is 0 Å². The van der Waals surface area contributed by atoms with Gasteiger partial charge in [-0.2, -0.15) is 0 Å². The maximum absolute atomic E-state index is 12.5. The number of carbonyl (C=O) groups excluding carboxylic acids is 1. The summed E-state index contributed by atoms with van der Waals surface area (Å²) in [5.74, 6) is -0.137. The molecule has 5 nitrogen and oxygen atoms in total. The van der Waals surface area contributed by atoms with E-state index in [1.165, 1.54) is 244 Å². The number of amides is 1. The molecule has 0 aliphatic rings. The maximum Gasteiger partial charge on any atom is 0.220 e. The van der Waals surface area contributed by atoms with E-state index in [0.717, 1.165) is 32.1 Å². The lowest BCUT2D eigenvalue weighted by Gasteiger charge is -2.26. The number of rotatable bonds is 49. The zero-order chi connectivity index (χ0) is 41.5. The fourth-order valence-electron chi connectivity index (χ4n) is 8.64. The first kappa shape index (κ1) is 56.4. The first-order chi connectivity index (χ1) is 28.1. The molecule has 3 unspecified atom stereocenters. The smallest absolute Gasteiger partial charge is 0.220 e. The summed E-state index contributed by atoms with van der Waals surface area (Å²) in [6.45, 7) is 4.22. The minimum atomic E-state index is -1.13. The van der Waals surface area contributed by atoms with Crippen molar-refractivity contribution in [3.63, 3.8) is 0 Å². The Hall–Kier alpha value is -0.650. The summed E-state index contributed by atoms with van der Waals surface area (Å²) in [5.41, 5.74) is 0. The molecule has 0 saturated heterocycles. The molecule has 0 heterocycles. The highest BCUT2D eigenvalue weighted by atomic mass is 16.3. The molecule has 342 valence electrons. The van der Waals surface area contributed by atoms with Crippen LogP contribution in [0.4, 0.5) is 0 Å². The molecular weight excluding hydrogens is 703 g/mol. The van der Waals surface area contributed by atoms with Crippen LogP contribution >= 0.6 is 0 Å². The molecule has 0 aromatic carbocycles. The fraction of sp³-hybridized carbons (Fsp3) is 0.981. The van der Waals surface area contributed by atoms with Gasteiger partial charge in [-0.1, -0.05) is 284 Å². The summed E-state index contributed by atoms with van der Waals surface area (Å²) < 4.78 is 0. The van der Waals surface area contributed by atoms with Crippen molar-refractivity contribution in [2.24, 2.45) is 0 Å². The Morgan fingerprint density at radius 2 is 0.596 bits per heavy atom. The SMILES string of the molecule is CCCCCCCCCCCCCCCCCCCCCCCCC(=O)NC(CO)C(O)C(O)CCCCCCCCCCCCCCCCCCCCCCC. The number of carbonyl (C=O) groups is 1. The molecule has 4 N–H and O–H groups in total. The Kier molecular flexibility index (Phi) is 47.5. The largest absolute Gasteiger partial charge is 0.394 e. The van der Waals surface area contributed by atoms with Crippen LogP contribution in [-0.4, -0.2) is 46.1 Å². The second kappa shape index (κ2) is 48.0. The molecule has 0 aliphatic heterocycles. The van der Waals surface area contributed by atoms with Crippen LogP contribution in [0.2, 0.25) is 0 Å². The summed E-state index contributed by atoms with van der Waals surface area (Å²) in [7, 11) is 0. The molecule has 0 aromatic heterocycles. The van der Waals surface area contributed by atoms with Gasteiger partial charge in [-0.05, 0) is 12.8 Å². The minimum Gasteiger partial charge on any atom is -0.394 e. The third-order valence-corrected chi connectivity index (χ3v) is 12.7. The van der Waals surface area contributed by atoms with Gasteiger partial charge in [0.1, 0.15) is 6.10 Å². The van der Waals surface area contributed by atoms with E-state index < -0.39 is 18.2 Å². The quantitative estimate of drug-likeness (QED) is 0.0461. The average molecular weight is 808 g/mol. The number of nitrogens with one attached hydrogen (secondary N) is 1. The van der Waals surface area contributed by atoms with Crippen LogP contribution in [0.3, 0.4) is 0 Å². The van der Waals surface area contributed by atoms with Crippen LogP contribution in [0.15, 0.2) is 0 Å². The van der Waals surface area contributed by atoms with Crippen LogP contribution < -0.4 is 5.32 Å². The Bertz CT molecular complexity index is 762. The number of aliphatic hydroxyl groups is 3. The van der Waals surface area contributed by atoms with Crippen molar-refractivity contribution < 1.29 is 20.1 Å². The zero-order valence-corrected chi connectivity index (χ0v) is 39.0. The van der Waals surface area contributed by atoms with Gasteiger partial charge in [-0.15, -0.1) is 0 Å². The highest BCUT2D eigenvalue weighted by Gasteiger charge is 2.26. The van der Waals surface area contributed by atoms with Gasteiger partial charge in [0, 0.05) is 6.42 Å². The molecule has 0 rings (SSSR count). The Morgan fingerprint density at radius 3 is 0.842 bits per heavy atom. The second-order valence-corrected chi connectivity index (χ2v) is 18.4. The Balaban J connectivity index is 3.52. The second-order valence-electron chi connectivity index (χ2n) is 18.4. The normalized spacial score (nSPS) is 13.3. The number of aliphatic hydroxyl groups excluding tert-OH is 3. The maximum atomic E-state index is 12.5.